The Morgan fingerprint density at radius 3 is 2.61 bits per heavy atom. The molecule has 3 rings (SSSR count). The van der Waals surface area contributed by atoms with E-state index >= 15 is 0 Å². The van der Waals surface area contributed by atoms with Crippen LogP contribution in [0.4, 0.5) is 11.4 Å². The molecule has 0 radical (unpaired) electrons. The Bertz CT molecular complexity index is 998. The van der Waals surface area contributed by atoms with Gasteiger partial charge in [0.25, 0.3) is 10.9 Å². The number of carbonyl (C=O) groups excluding carboxylic acids is 1. The number of nitrogens with zero attached hydrogens (tertiary/aromatic N) is 3. The number of aryl methyl sites for hydroxylation is 2. The van der Waals surface area contributed by atoms with Gasteiger partial charge in [-0.15, -0.1) is 10.2 Å². The smallest absolute Gasteiger partial charge is 0.292 e. The SMILES string of the molecule is Cc1cc(C)cc(-c2nnc(SCCC(=O)Nc3ccccc3[N+](=O)[O-])o2)c1. The number of anilines is 1. The zero-order valence-electron chi connectivity index (χ0n) is 15.3. The molecule has 28 heavy (non-hydrogen) atoms. The van der Waals surface area contributed by atoms with Gasteiger partial charge in [0.05, 0.1) is 4.92 Å². The van der Waals surface area contributed by atoms with Crippen molar-refractivity contribution in [3.05, 3.63) is 63.7 Å². The van der Waals surface area contributed by atoms with Crippen LogP contribution in [0.5, 0.6) is 0 Å². The van der Waals surface area contributed by atoms with Crippen LogP contribution in [0.1, 0.15) is 17.5 Å². The van der Waals surface area contributed by atoms with E-state index in [2.05, 4.69) is 21.6 Å². The van der Waals surface area contributed by atoms with Crippen LogP contribution in [0.25, 0.3) is 11.5 Å². The number of benzene rings is 2. The van der Waals surface area contributed by atoms with Crippen molar-refractivity contribution in [2.45, 2.75) is 25.5 Å². The van der Waals surface area contributed by atoms with Crippen molar-refractivity contribution < 1.29 is 14.1 Å². The van der Waals surface area contributed by atoms with Gasteiger partial charge in [0, 0.05) is 23.8 Å². The molecule has 1 aromatic heterocycles. The molecule has 1 N–H and O–H groups in total. The Hall–Kier alpha value is -3.20. The fourth-order valence-electron chi connectivity index (χ4n) is 2.67. The van der Waals surface area contributed by atoms with Gasteiger partial charge < -0.3 is 9.73 Å². The summed E-state index contributed by atoms with van der Waals surface area (Å²) < 4.78 is 5.65. The van der Waals surface area contributed by atoms with Gasteiger partial charge in [0.2, 0.25) is 11.8 Å². The lowest BCUT2D eigenvalue weighted by Crippen LogP contribution is -2.13. The van der Waals surface area contributed by atoms with Crippen LogP contribution in [-0.2, 0) is 4.79 Å². The molecule has 0 atom stereocenters. The highest BCUT2D eigenvalue weighted by Gasteiger charge is 2.15. The maximum absolute atomic E-state index is 12.1. The van der Waals surface area contributed by atoms with Gasteiger partial charge in [0.1, 0.15) is 5.69 Å². The lowest BCUT2D eigenvalue weighted by molar-refractivity contribution is -0.383. The third kappa shape index (κ3) is 4.95. The fourth-order valence-corrected chi connectivity index (χ4v) is 3.36. The van der Waals surface area contributed by atoms with E-state index in [1.165, 1.54) is 23.9 Å². The summed E-state index contributed by atoms with van der Waals surface area (Å²) in [5, 5.41) is 22.0. The molecule has 0 saturated heterocycles. The molecule has 3 aromatic rings. The zero-order chi connectivity index (χ0) is 20.1. The minimum Gasteiger partial charge on any atom is -0.411 e. The summed E-state index contributed by atoms with van der Waals surface area (Å²) in [5.74, 6) is 0.510. The molecule has 0 unspecified atom stereocenters. The fraction of sp³-hybridized carbons (Fsp3) is 0.211. The molecule has 0 bridgehead atoms. The standard InChI is InChI=1S/C19H18N4O4S/c1-12-9-13(2)11-14(10-12)18-21-22-19(27-18)28-8-7-17(24)20-15-5-3-4-6-16(15)23(25)26/h3-6,9-11H,7-8H2,1-2H3,(H,20,24). The summed E-state index contributed by atoms with van der Waals surface area (Å²) in [6.07, 6.45) is 0.151. The van der Waals surface area contributed by atoms with E-state index in [0.717, 1.165) is 16.7 Å². The number of amides is 1. The predicted octanol–water partition coefficient (Wildman–Crippen LogP) is 4.38. The molecule has 0 fully saturated rings. The second kappa shape index (κ2) is 8.66. The van der Waals surface area contributed by atoms with Crippen molar-refractivity contribution >= 4 is 29.0 Å². The molecule has 1 amide bonds. The van der Waals surface area contributed by atoms with Gasteiger partial charge in [-0.2, -0.15) is 0 Å². The number of aromatic nitrogens is 2. The second-order valence-corrected chi connectivity index (χ2v) is 7.22. The Morgan fingerprint density at radius 2 is 1.89 bits per heavy atom. The number of nitrogens with one attached hydrogen (secondary N) is 1. The van der Waals surface area contributed by atoms with Crippen LogP contribution in [0.3, 0.4) is 0 Å². The quantitative estimate of drug-likeness (QED) is 0.357. The molecule has 8 nitrogen and oxygen atoms in total. The Balaban J connectivity index is 1.55. The monoisotopic (exact) mass is 398 g/mol. The normalized spacial score (nSPS) is 10.6. The number of nitro benzene ring substituents is 1. The molecular formula is C19H18N4O4S. The van der Waals surface area contributed by atoms with Gasteiger partial charge in [-0.1, -0.05) is 41.1 Å². The molecule has 0 aliphatic heterocycles. The van der Waals surface area contributed by atoms with Crippen LogP contribution in [0, 0.1) is 24.0 Å². The summed E-state index contributed by atoms with van der Waals surface area (Å²) in [4.78, 5) is 22.5. The summed E-state index contributed by atoms with van der Waals surface area (Å²) >= 11 is 1.26. The summed E-state index contributed by atoms with van der Waals surface area (Å²) in [5.41, 5.74) is 3.10. The van der Waals surface area contributed by atoms with E-state index in [0.29, 0.717) is 16.9 Å². The molecule has 144 valence electrons. The number of carbonyl (C=O) groups is 1. The molecule has 0 aliphatic carbocycles. The Kier molecular flexibility index (Phi) is 6.05. The summed E-state index contributed by atoms with van der Waals surface area (Å²) in [6.45, 7) is 4.00. The first-order valence-electron chi connectivity index (χ1n) is 8.50. The van der Waals surface area contributed by atoms with Crippen molar-refractivity contribution in [3.63, 3.8) is 0 Å². The van der Waals surface area contributed by atoms with Crippen LogP contribution < -0.4 is 5.32 Å². The maximum atomic E-state index is 12.1. The average Bonchev–Trinajstić information content (AvgIpc) is 3.10. The second-order valence-electron chi connectivity index (χ2n) is 6.17. The van der Waals surface area contributed by atoms with E-state index in [-0.39, 0.29) is 23.7 Å². The Labute approximate surface area is 165 Å². The van der Waals surface area contributed by atoms with E-state index in [9.17, 15) is 14.9 Å². The van der Waals surface area contributed by atoms with Gasteiger partial charge in [-0.3, -0.25) is 14.9 Å². The largest absolute Gasteiger partial charge is 0.411 e. The molecular weight excluding hydrogens is 380 g/mol. The van der Waals surface area contributed by atoms with Crippen molar-refractivity contribution in [1.29, 1.82) is 0 Å². The number of para-hydroxylation sites is 2. The van der Waals surface area contributed by atoms with Gasteiger partial charge >= 0.3 is 0 Å². The van der Waals surface area contributed by atoms with Crippen LogP contribution >= 0.6 is 11.8 Å². The minimum atomic E-state index is -0.530. The molecule has 9 heteroatoms. The summed E-state index contributed by atoms with van der Waals surface area (Å²) in [6, 6.07) is 12.0. The van der Waals surface area contributed by atoms with Crippen molar-refractivity contribution in [2.24, 2.45) is 0 Å². The first-order valence-corrected chi connectivity index (χ1v) is 9.49. The average molecular weight is 398 g/mol. The van der Waals surface area contributed by atoms with E-state index in [1.807, 2.05) is 26.0 Å². The third-order valence-electron chi connectivity index (χ3n) is 3.80. The highest BCUT2D eigenvalue weighted by molar-refractivity contribution is 7.99. The number of nitro groups is 1. The molecule has 2 aromatic carbocycles. The van der Waals surface area contributed by atoms with Crippen LogP contribution in [-0.4, -0.2) is 26.8 Å². The van der Waals surface area contributed by atoms with Crippen LogP contribution in [0.15, 0.2) is 52.1 Å². The van der Waals surface area contributed by atoms with Crippen molar-refractivity contribution in [3.8, 4) is 11.5 Å². The highest BCUT2D eigenvalue weighted by atomic mass is 32.2. The third-order valence-corrected chi connectivity index (χ3v) is 4.62. The van der Waals surface area contributed by atoms with E-state index < -0.39 is 4.92 Å². The first kappa shape index (κ1) is 19.6. The number of rotatable bonds is 7. The molecule has 1 heterocycles. The number of hydrogen-bond donors (Lipinski definition) is 1. The van der Waals surface area contributed by atoms with Crippen LogP contribution in [0.2, 0.25) is 0 Å². The lowest BCUT2D eigenvalue weighted by atomic mass is 10.1. The first-order chi connectivity index (χ1) is 13.4. The van der Waals surface area contributed by atoms with E-state index in [4.69, 9.17) is 4.42 Å². The lowest BCUT2D eigenvalue weighted by Gasteiger charge is -2.05. The van der Waals surface area contributed by atoms with Crippen molar-refractivity contribution in [2.75, 3.05) is 11.1 Å². The predicted molar refractivity (Wildman–Crippen MR) is 106 cm³/mol. The molecule has 0 spiro atoms. The summed E-state index contributed by atoms with van der Waals surface area (Å²) in [7, 11) is 0. The topological polar surface area (TPSA) is 111 Å². The minimum absolute atomic E-state index is 0.140. The maximum Gasteiger partial charge on any atom is 0.292 e. The molecule has 0 saturated carbocycles. The molecule has 0 aliphatic rings. The number of thioether (sulfide) groups is 1. The van der Waals surface area contributed by atoms with Gasteiger partial charge in [-0.05, 0) is 32.0 Å². The van der Waals surface area contributed by atoms with Gasteiger partial charge in [0.15, 0.2) is 0 Å². The Morgan fingerprint density at radius 1 is 1.18 bits per heavy atom. The van der Waals surface area contributed by atoms with Crippen molar-refractivity contribution in [1.82, 2.24) is 10.2 Å². The zero-order valence-corrected chi connectivity index (χ0v) is 16.2. The highest BCUT2D eigenvalue weighted by Crippen LogP contribution is 2.26. The van der Waals surface area contributed by atoms with E-state index in [1.54, 1.807) is 12.1 Å². The van der Waals surface area contributed by atoms with Gasteiger partial charge in [-0.25, -0.2) is 0 Å². The number of hydrogen-bond acceptors (Lipinski definition) is 7.